The molecule has 5 rings (SSSR count). The molecule has 0 spiro atoms. The van der Waals surface area contributed by atoms with Gasteiger partial charge in [0.05, 0.1) is 24.2 Å². The summed E-state index contributed by atoms with van der Waals surface area (Å²) in [6.45, 7) is 13.6. The highest BCUT2D eigenvalue weighted by Crippen LogP contribution is 2.75. The van der Waals surface area contributed by atoms with Gasteiger partial charge in [-0.3, -0.25) is 4.79 Å². The van der Waals surface area contributed by atoms with Crippen LogP contribution in [0.15, 0.2) is 11.6 Å². The van der Waals surface area contributed by atoms with Crippen LogP contribution in [0.2, 0.25) is 0 Å². The van der Waals surface area contributed by atoms with E-state index >= 15 is 0 Å². The minimum absolute atomic E-state index is 0.00815. The first-order valence-corrected chi connectivity index (χ1v) is 14.1. The van der Waals surface area contributed by atoms with E-state index in [0.29, 0.717) is 24.2 Å². The van der Waals surface area contributed by atoms with Gasteiger partial charge in [-0.25, -0.2) is 0 Å². The number of carboxylic acid groups (broad SMARTS) is 1. The van der Waals surface area contributed by atoms with E-state index in [4.69, 9.17) is 0 Å². The standard InChI is InChI=1S/C30H48O5/c1-17-9-12-30(25(34)35)14-13-28(5)19(23(30)18(17)2)7-8-22-26(3)15-20(32)24(33)27(4,16-31)21(26)10-11-29(22,28)6/h7,17-18,20-24,31-33H,8-16H2,1-6H3,(H,34,35)/t17?,18?,20?,21-,22-,23+,24?,26+,27-,28-,29-,30+/m1/s1. The minimum atomic E-state index is -0.907. The zero-order valence-electron chi connectivity index (χ0n) is 22.7. The van der Waals surface area contributed by atoms with Gasteiger partial charge >= 0.3 is 5.97 Å². The first-order valence-electron chi connectivity index (χ1n) is 14.1. The Morgan fingerprint density at radius 1 is 1.00 bits per heavy atom. The van der Waals surface area contributed by atoms with Crippen molar-refractivity contribution >= 4 is 5.97 Å². The molecule has 0 aromatic rings. The van der Waals surface area contributed by atoms with Gasteiger partial charge in [0.15, 0.2) is 0 Å². The molecule has 0 aliphatic heterocycles. The fourth-order valence-electron chi connectivity index (χ4n) is 11.0. The van der Waals surface area contributed by atoms with Crippen LogP contribution >= 0.6 is 0 Å². The number of aliphatic hydroxyl groups is 3. The van der Waals surface area contributed by atoms with E-state index < -0.39 is 29.0 Å². The summed E-state index contributed by atoms with van der Waals surface area (Å²) in [5.41, 5.74) is -0.214. The molecule has 4 fully saturated rings. The summed E-state index contributed by atoms with van der Waals surface area (Å²) in [7, 11) is 0. The van der Waals surface area contributed by atoms with Gasteiger partial charge in [0.25, 0.3) is 0 Å². The highest BCUT2D eigenvalue weighted by Gasteiger charge is 2.70. The summed E-state index contributed by atoms with van der Waals surface area (Å²) in [6, 6.07) is 0. The van der Waals surface area contributed by atoms with Crippen molar-refractivity contribution in [3.8, 4) is 0 Å². The highest BCUT2D eigenvalue weighted by atomic mass is 16.4. The number of hydrogen-bond donors (Lipinski definition) is 4. The van der Waals surface area contributed by atoms with Crippen LogP contribution < -0.4 is 0 Å². The van der Waals surface area contributed by atoms with Crippen LogP contribution in [0.4, 0.5) is 0 Å². The van der Waals surface area contributed by atoms with E-state index in [-0.39, 0.29) is 34.7 Å². The van der Waals surface area contributed by atoms with E-state index in [1.807, 2.05) is 6.92 Å². The van der Waals surface area contributed by atoms with Crippen LogP contribution in [0.1, 0.15) is 92.9 Å². The number of allylic oxidation sites excluding steroid dienone is 2. The zero-order chi connectivity index (χ0) is 25.8. The molecule has 0 saturated heterocycles. The van der Waals surface area contributed by atoms with Crippen LogP contribution in [0.3, 0.4) is 0 Å². The van der Waals surface area contributed by atoms with Crippen molar-refractivity contribution < 1.29 is 25.2 Å². The Morgan fingerprint density at radius 3 is 2.31 bits per heavy atom. The first kappa shape index (κ1) is 25.7. The Bertz CT molecular complexity index is 930. The summed E-state index contributed by atoms with van der Waals surface area (Å²) in [6.07, 6.45) is 7.51. The molecule has 0 amide bonds. The third kappa shape index (κ3) is 2.95. The average molecular weight is 489 g/mol. The van der Waals surface area contributed by atoms with Crippen molar-refractivity contribution in [1.82, 2.24) is 0 Å². The van der Waals surface area contributed by atoms with Crippen LogP contribution in [-0.4, -0.2) is 45.2 Å². The predicted octanol–water partition coefficient (Wildman–Crippen LogP) is 5.03. The van der Waals surface area contributed by atoms with Crippen molar-refractivity contribution in [2.75, 3.05) is 6.61 Å². The number of aliphatic carboxylic acids is 1. The number of carbonyl (C=O) groups is 1. The molecular formula is C30H48O5. The Morgan fingerprint density at radius 2 is 1.69 bits per heavy atom. The molecule has 5 nitrogen and oxygen atoms in total. The molecule has 5 aliphatic rings. The number of carboxylic acids is 1. The first-order chi connectivity index (χ1) is 16.2. The smallest absolute Gasteiger partial charge is 0.310 e. The molecule has 4 N–H and O–H groups in total. The van der Waals surface area contributed by atoms with Crippen molar-refractivity contribution in [3.05, 3.63) is 11.6 Å². The van der Waals surface area contributed by atoms with Gasteiger partial charge in [-0.05, 0) is 97.2 Å². The Labute approximate surface area is 211 Å². The van der Waals surface area contributed by atoms with Crippen LogP contribution in [0, 0.1) is 56.7 Å². The van der Waals surface area contributed by atoms with Crippen molar-refractivity contribution in [2.45, 2.75) is 105 Å². The Hall–Kier alpha value is -0.910. The second-order valence-corrected chi connectivity index (χ2v) is 14.5. The van der Waals surface area contributed by atoms with Crippen molar-refractivity contribution in [1.29, 1.82) is 0 Å². The number of hydrogen-bond acceptors (Lipinski definition) is 4. The van der Waals surface area contributed by atoms with E-state index in [0.717, 1.165) is 44.9 Å². The molecule has 0 heterocycles. The maximum absolute atomic E-state index is 12.8. The largest absolute Gasteiger partial charge is 0.481 e. The molecule has 0 bridgehead atoms. The molecule has 0 radical (unpaired) electrons. The molecule has 35 heavy (non-hydrogen) atoms. The van der Waals surface area contributed by atoms with Crippen molar-refractivity contribution in [2.24, 2.45) is 56.7 Å². The molecule has 5 aliphatic carbocycles. The lowest BCUT2D eigenvalue weighted by molar-refractivity contribution is -0.244. The lowest BCUT2D eigenvalue weighted by atomic mass is 9.33. The van der Waals surface area contributed by atoms with Gasteiger partial charge in [-0.1, -0.05) is 53.2 Å². The Kier molecular flexibility index (Phi) is 5.73. The summed E-state index contributed by atoms with van der Waals surface area (Å²) in [5, 5.41) is 42.9. The third-order valence-corrected chi connectivity index (χ3v) is 13.5. The van der Waals surface area contributed by atoms with E-state index in [1.165, 1.54) is 5.57 Å². The molecule has 4 unspecified atom stereocenters. The molecule has 4 saturated carbocycles. The average Bonchev–Trinajstić information content (AvgIpc) is 2.80. The fraction of sp³-hybridized carbons (Fsp3) is 0.900. The lowest BCUT2D eigenvalue weighted by Gasteiger charge is -2.71. The van der Waals surface area contributed by atoms with Crippen molar-refractivity contribution in [3.63, 3.8) is 0 Å². The molecule has 12 atom stereocenters. The maximum Gasteiger partial charge on any atom is 0.310 e. The van der Waals surface area contributed by atoms with Crippen LogP contribution in [0.5, 0.6) is 0 Å². The van der Waals surface area contributed by atoms with Gasteiger partial charge in [-0.2, -0.15) is 0 Å². The number of fused-ring (bicyclic) bond motifs is 7. The molecule has 5 heteroatoms. The lowest BCUT2D eigenvalue weighted by Crippen LogP contribution is -2.68. The van der Waals surface area contributed by atoms with Gasteiger partial charge in [-0.15, -0.1) is 0 Å². The van der Waals surface area contributed by atoms with E-state index in [2.05, 4.69) is 40.7 Å². The normalized spacial score (nSPS) is 57.7. The molecular weight excluding hydrogens is 440 g/mol. The second-order valence-electron chi connectivity index (χ2n) is 14.5. The zero-order valence-corrected chi connectivity index (χ0v) is 22.7. The molecule has 0 aromatic heterocycles. The Balaban J connectivity index is 1.62. The van der Waals surface area contributed by atoms with Gasteiger partial charge in [0.2, 0.25) is 0 Å². The summed E-state index contributed by atoms with van der Waals surface area (Å²) < 4.78 is 0. The summed E-state index contributed by atoms with van der Waals surface area (Å²) in [4.78, 5) is 12.8. The highest BCUT2D eigenvalue weighted by molar-refractivity contribution is 5.76. The topological polar surface area (TPSA) is 98.0 Å². The second kappa shape index (κ2) is 7.80. The maximum atomic E-state index is 12.8. The van der Waals surface area contributed by atoms with Crippen LogP contribution in [-0.2, 0) is 4.79 Å². The number of aliphatic hydroxyl groups excluding tert-OH is 3. The fourth-order valence-corrected chi connectivity index (χ4v) is 11.0. The molecule has 0 aromatic carbocycles. The summed E-state index contributed by atoms with van der Waals surface area (Å²) in [5.74, 6) is 0.828. The van der Waals surface area contributed by atoms with Crippen LogP contribution in [0.25, 0.3) is 0 Å². The van der Waals surface area contributed by atoms with Gasteiger partial charge in [0, 0.05) is 5.41 Å². The predicted molar refractivity (Wildman–Crippen MR) is 135 cm³/mol. The molecule has 198 valence electrons. The number of rotatable bonds is 2. The van der Waals surface area contributed by atoms with Gasteiger partial charge in [0.1, 0.15) is 0 Å². The summed E-state index contributed by atoms with van der Waals surface area (Å²) >= 11 is 0. The third-order valence-electron chi connectivity index (χ3n) is 13.5. The van der Waals surface area contributed by atoms with E-state index in [9.17, 15) is 25.2 Å². The SMILES string of the molecule is CC1CC[C@]2(C(=O)O)CC[C@]3(C)C(=CC[C@@H]4[C@@]5(C)CC(O)C(O)[C@](C)(CO)[C@@H]5CC[C@]43C)[C@@H]2C1C. The van der Waals surface area contributed by atoms with E-state index in [1.54, 1.807) is 0 Å². The monoisotopic (exact) mass is 488 g/mol. The minimum Gasteiger partial charge on any atom is -0.481 e. The quantitative estimate of drug-likeness (QED) is 0.409. The van der Waals surface area contributed by atoms with Gasteiger partial charge < -0.3 is 20.4 Å².